The summed E-state index contributed by atoms with van der Waals surface area (Å²) in [5, 5.41) is 0.881. The molecule has 1 atom stereocenters. The Hall–Kier alpha value is -0.840. The van der Waals surface area contributed by atoms with Crippen LogP contribution in [0.15, 0.2) is 0 Å². The molecule has 0 radical (unpaired) electrons. The normalized spacial score (nSPS) is 11.8. The molecule has 0 aliphatic rings. The zero-order chi connectivity index (χ0) is 8.15. The summed E-state index contributed by atoms with van der Waals surface area (Å²) in [6.45, 7) is 1.45. The van der Waals surface area contributed by atoms with Crippen molar-refractivity contribution in [3.8, 4) is 0 Å². The van der Waals surface area contributed by atoms with Crippen molar-refractivity contribution in [1.29, 1.82) is 0 Å². The van der Waals surface area contributed by atoms with E-state index in [0.29, 0.717) is 0 Å². The van der Waals surface area contributed by atoms with E-state index in [2.05, 4.69) is 4.74 Å². The van der Waals surface area contributed by atoms with E-state index < -0.39 is 22.2 Å². The van der Waals surface area contributed by atoms with E-state index in [0.717, 1.165) is 5.37 Å². The van der Waals surface area contributed by atoms with Gasteiger partial charge in [-0.1, -0.05) is 0 Å². The van der Waals surface area contributed by atoms with Gasteiger partial charge in [-0.2, -0.15) is 8.42 Å². The molecule has 0 rings (SSSR count). The topological polar surface area (TPSA) is 60.4 Å². The molecule has 5 heteroatoms. The molecule has 1 unspecified atom stereocenters. The number of hydrogen-bond donors (Lipinski definition) is 0. The smallest absolute Gasteiger partial charge is 0.313 e. The van der Waals surface area contributed by atoms with Crippen LogP contribution in [0, 0.1) is 5.92 Å². The van der Waals surface area contributed by atoms with Crippen LogP contribution >= 0.6 is 0 Å². The lowest BCUT2D eigenvalue weighted by molar-refractivity contribution is -0.142. The SMILES string of the molecule is COC(=O)C(C)C=S(=O)=O. The quantitative estimate of drug-likeness (QED) is 0.407. The van der Waals surface area contributed by atoms with Gasteiger partial charge in [0.2, 0.25) is 10.3 Å². The van der Waals surface area contributed by atoms with Crippen LogP contribution in [0.4, 0.5) is 0 Å². The number of carbonyl (C=O) groups excluding carboxylic acids is 1. The fourth-order valence-electron chi connectivity index (χ4n) is 0.408. The summed E-state index contributed by atoms with van der Waals surface area (Å²) < 4.78 is 24.2. The molecule has 0 heterocycles. The number of hydrogen-bond acceptors (Lipinski definition) is 4. The maximum Gasteiger partial charge on any atom is 0.313 e. The molecule has 0 amide bonds. The fraction of sp³-hybridized carbons (Fsp3) is 0.600. The highest BCUT2D eigenvalue weighted by molar-refractivity contribution is 7.71. The number of esters is 1. The van der Waals surface area contributed by atoms with E-state index in [-0.39, 0.29) is 0 Å². The first kappa shape index (κ1) is 9.16. The minimum atomic E-state index is -2.29. The maximum atomic E-state index is 10.5. The average Bonchev–Trinajstić information content (AvgIpc) is 1.85. The van der Waals surface area contributed by atoms with E-state index in [1.54, 1.807) is 0 Å². The van der Waals surface area contributed by atoms with Crippen molar-refractivity contribution in [3.63, 3.8) is 0 Å². The largest absolute Gasteiger partial charge is 0.469 e. The molecule has 0 fully saturated rings. The molecule has 58 valence electrons. The van der Waals surface area contributed by atoms with Crippen LogP contribution in [0.5, 0.6) is 0 Å². The summed E-state index contributed by atoms with van der Waals surface area (Å²) in [6.07, 6.45) is 0. The fourth-order valence-corrected chi connectivity index (χ4v) is 0.853. The number of methoxy groups -OCH3 is 1. The highest BCUT2D eigenvalue weighted by atomic mass is 32.2. The molecule has 0 bridgehead atoms. The zero-order valence-corrected chi connectivity index (χ0v) is 6.51. The van der Waals surface area contributed by atoms with Gasteiger partial charge in [-0.05, 0) is 6.92 Å². The van der Waals surface area contributed by atoms with E-state index in [1.165, 1.54) is 14.0 Å². The zero-order valence-electron chi connectivity index (χ0n) is 5.70. The second-order valence-electron chi connectivity index (χ2n) is 1.71. The molecule has 0 saturated heterocycles. The van der Waals surface area contributed by atoms with Gasteiger partial charge in [0.25, 0.3) is 0 Å². The Balaban J connectivity index is 4.24. The van der Waals surface area contributed by atoms with Crippen molar-refractivity contribution >= 4 is 21.6 Å². The van der Waals surface area contributed by atoms with Gasteiger partial charge in [-0.15, -0.1) is 0 Å². The van der Waals surface area contributed by atoms with Crippen molar-refractivity contribution in [2.75, 3.05) is 7.11 Å². The first-order valence-corrected chi connectivity index (χ1v) is 3.72. The molecule has 0 aliphatic heterocycles. The van der Waals surface area contributed by atoms with Gasteiger partial charge in [-0.25, -0.2) is 0 Å². The van der Waals surface area contributed by atoms with Crippen molar-refractivity contribution in [1.82, 2.24) is 0 Å². The third kappa shape index (κ3) is 3.24. The number of carbonyl (C=O) groups is 1. The van der Waals surface area contributed by atoms with Crippen LogP contribution in [-0.4, -0.2) is 26.9 Å². The van der Waals surface area contributed by atoms with Gasteiger partial charge in [0.15, 0.2) is 0 Å². The lowest BCUT2D eigenvalue weighted by atomic mass is 10.2. The second-order valence-corrected chi connectivity index (χ2v) is 2.50. The lowest BCUT2D eigenvalue weighted by Gasteiger charge is -1.98. The molecular formula is C5H8O4S. The Morgan fingerprint density at radius 2 is 2.10 bits per heavy atom. The second kappa shape index (κ2) is 4.05. The summed E-state index contributed by atoms with van der Waals surface area (Å²) in [6, 6.07) is 0. The molecule has 0 aromatic heterocycles. The highest BCUT2D eigenvalue weighted by Crippen LogP contribution is 1.91. The van der Waals surface area contributed by atoms with Gasteiger partial charge in [0.1, 0.15) is 0 Å². The number of rotatable bonds is 2. The molecule has 0 saturated carbocycles. The molecule has 0 aliphatic carbocycles. The van der Waals surface area contributed by atoms with Crippen LogP contribution in [0.3, 0.4) is 0 Å². The lowest BCUT2D eigenvalue weighted by Crippen LogP contribution is -2.13. The minimum absolute atomic E-state index is 0.552. The predicted molar refractivity (Wildman–Crippen MR) is 36.2 cm³/mol. The van der Waals surface area contributed by atoms with E-state index in [4.69, 9.17) is 0 Å². The van der Waals surface area contributed by atoms with Gasteiger partial charge >= 0.3 is 5.97 Å². The van der Waals surface area contributed by atoms with E-state index in [9.17, 15) is 13.2 Å². The highest BCUT2D eigenvalue weighted by Gasteiger charge is 2.09. The van der Waals surface area contributed by atoms with E-state index >= 15 is 0 Å². The van der Waals surface area contributed by atoms with Crippen LogP contribution in [0.1, 0.15) is 6.92 Å². The van der Waals surface area contributed by atoms with Gasteiger partial charge in [-0.3, -0.25) is 4.79 Å². The van der Waals surface area contributed by atoms with Gasteiger partial charge in [0.05, 0.1) is 13.0 Å². The minimum Gasteiger partial charge on any atom is -0.469 e. The van der Waals surface area contributed by atoms with Crippen LogP contribution in [0.25, 0.3) is 0 Å². The summed E-state index contributed by atoms with van der Waals surface area (Å²) in [4.78, 5) is 10.5. The molecule has 0 aromatic rings. The van der Waals surface area contributed by atoms with Crippen molar-refractivity contribution in [3.05, 3.63) is 0 Å². The molecule has 4 nitrogen and oxygen atoms in total. The molecular weight excluding hydrogens is 156 g/mol. The monoisotopic (exact) mass is 164 g/mol. The Morgan fingerprint density at radius 1 is 1.60 bits per heavy atom. The van der Waals surface area contributed by atoms with Crippen LogP contribution in [0.2, 0.25) is 0 Å². The number of ether oxygens (including phenoxy) is 1. The van der Waals surface area contributed by atoms with Crippen molar-refractivity contribution in [2.24, 2.45) is 5.92 Å². The standard InChI is InChI=1S/C5H8O4S/c1-4(3-10(7)8)5(6)9-2/h3-4H,1-2H3. The van der Waals surface area contributed by atoms with Crippen molar-refractivity contribution in [2.45, 2.75) is 6.92 Å². The summed E-state index contributed by atoms with van der Waals surface area (Å²) >= 11 is 0. The third-order valence-corrected chi connectivity index (χ3v) is 1.52. The van der Waals surface area contributed by atoms with Crippen molar-refractivity contribution < 1.29 is 17.9 Å². The first-order chi connectivity index (χ1) is 4.57. The van der Waals surface area contributed by atoms with Gasteiger partial charge < -0.3 is 4.74 Å². The molecule has 10 heavy (non-hydrogen) atoms. The molecule has 0 spiro atoms. The average molecular weight is 164 g/mol. The Morgan fingerprint density at radius 3 is 2.40 bits per heavy atom. The Kier molecular flexibility index (Phi) is 3.71. The van der Waals surface area contributed by atoms with Gasteiger partial charge in [0, 0.05) is 5.37 Å². The first-order valence-electron chi connectivity index (χ1n) is 2.58. The maximum absolute atomic E-state index is 10.5. The van der Waals surface area contributed by atoms with Crippen LogP contribution in [-0.2, 0) is 19.8 Å². The summed E-state index contributed by atoms with van der Waals surface area (Å²) in [5.74, 6) is -1.24. The summed E-state index contributed by atoms with van der Waals surface area (Å²) in [5.41, 5.74) is 0. The Bertz CT molecular complexity index is 230. The third-order valence-electron chi connectivity index (χ3n) is 0.888. The van der Waals surface area contributed by atoms with Crippen LogP contribution < -0.4 is 0 Å². The molecule has 0 aromatic carbocycles. The summed E-state index contributed by atoms with van der Waals surface area (Å²) in [7, 11) is -1.08. The van der Waals surface area contributed by atoms with E-state index in [1.807, 2.05) is 0 Å². The molecule has 0 N–H and O–H groups in total. The predicted octanol–water partition coefficient (Wildman–Crippen LogP) is -0.523. The Labute approximate surface area is 60.3 Å².